The number of nitrogens with zero attached hydrogens (tertiary/aromatic N) is 4. The van der Waals surface area contributed by atoms with E-state index in [1.807, 2.05) is 0 Å². The topological polar surface area (TPSA) is 13.0 Å². The first-order valence-electron chi connectivity index (χ1n) is 20.2. The van der Waals surface area contributed by atoms with E-state index >= 15 is 0 Å². The molecule has 0 spiro atoms. The molecule has 9 aromatic carbocycles. The van der Waals surface area contributed by atoms with Gasteiger partial charge in [0, 0.05) is 68.2 Å². The Balaban J connectivity index is 1.13. The highest BCUT2D eigenvalue weighted by molar-refractivity contribution is 7.00. The molecule has 5 heteroatoms. The van der Waals surface area contributed by atoms with Crippen LogP contribution in [0.2, 0.25) is 0 Å². The number of hydrogen-bond donors (Lipinski definition) is 0. The van der Waals surface area contributed by atoms with Gasteiger partial charge in [-0.1, -0.05) is 121 Å². The van der Waals surface area contributed by atoms with Gasteiger partial charge in [0.2, 0.25) is 0 Å². The molecule has 0 bridgehead atoms. The van der Waals surface area contributed by atoms with E-state index in [1.54, 1.807) is 0 Å². The van der Waals surface area contributed by atoms with Crippen molar-refractivity contribution in [3.63, 3.8) is 0 Å². The molecular formula is C54H39BN4. The number of benzene rings is 9. The van der Waals surface area contributed by atoms with Crippen LogP contribution in [0, 0.1) is 0 Å². The largest absolute Gasteiger partial charge is 0.311 e. The first-order chi connectivity index (χ1) is 29.3. The predicted octanol–water partition coefficient (Wildman–Crippen LogP) is 12.7. The molecule has 4 nitrogen and oxygen atoms in total. The molecule has 2 heterocycles. The molecule has 278 valence electrons. The van der Waals surface area contributed by atoms with Gasteiger partial charge in [-0.2, -0.15) is 0 Å². The first kappa shape index (κ1) is 34.5. The summed E-state index contributed by atoms with van der Waals surface area (Å²) in [7, 11) is 0. The van der Waals surface area contributed by atoms with Gasteiger partial charge in [-0.05, 0) is 132 Å². The number of anilines is 12. The van der Waals surface area contributed by atoms with E-state index < -0.39 is 0 Å². The van der Waals surface area contributed by atoms with Gasteiger partial charge < -0.3 is 19.6 Å². The molecule has 2 aliphatic rings. The van der Waals surface area contributed by atoms with Gasteiger partial charge in [-0.3, -0.25) is 0 Å². The highest BCUT2D eigenvalue weighted by atomic mass is 15.2. The van der Waals surface area contributed by atoms with Crippen molar-refractivity contribution in [1.82, 2.24) is 0 Å². The van der Waals surface area contributed by atoms with E-state index in [9.17, 15) is 0 Å². The molecule has 9 aromatic rings. The molecule has 0 aliphatic carbocycles. The van der Waals surface area contributed by atoms with Crippen molar-refractivity contribution in [2.24, 2.45) is 0 Å². The Morgan fingerprint density at radius 2 is 0.644 bits per heavy atom. The van der Waals surface area contributed by atoms with Crippen molar-refractivity contribution >= 4 is 91.3 Å². The summed E-state index contributed by atoms with van der Waals surface area (Å²) in [6.07, 6.45) is 0. The fourth-order valence-electron chi connectivity index (χ4n) is 9.12. The second-order valence-corrected chi connectivity index (χ2v) is 15.0. The Labute approximate surface area is 346 Å². The van der Waals surface area contributed by atoms with Gasteiger partial charge in [0.05, 0.1) is 0 Å². The lowest BCUT2D eigenvalue weighted by atomic mass is 9.33. The van der Waals surface area contributed by atoms with Crippen LogP contribution in [0.15, 0.2) is 237 Å². The van der Waals surface area contributed by atoms with Crippen molar-refractivity contribution in [3.05, 3.63) is 237 Å². The molecule has 0 N–H and O–H groups in total. The Morgan fingerprint density at radius 3 is 1.17 bits per heavy atom. The number of hydrogen-bond acceptors (Lipinski definition) is 4. The average Bonchev–Trinajstić information content (AvgIpc) is 3.31. The molecule has 0 saturated carbocycles. The predicted molar refractivity (Wildman–Crippen MR) is 250 cm³/mol. The lowest BCUT2D eigenvalue weighted by Gasteiger charge is -2.44. The SMILES string of the molecule is c1ccc(N(c2ccccc2)c2cccc(N(c3ccccc3)c3ccc4c(c3)B3c5ccccc5N(c5ccccc5)c5cccc(c53)N4c3ccccc3)c2)cc1. The van der Waals surface area contributed by atoms with Crippen LogP contribution >= 0.6 is 0 Å². The van der Waals surface area contributed by atoms with Gasteiger partial charge in [-0.25, -0.2) is 0 Å². The number of para-hydroxylation sites is 6. The molecule has 2 aliphatic heterocycles. The number of rotatable bonds is 8. The lowest BCUT2D eigenvalue weighted by Crippen LogP contribution is -2.61. The van der Waals surface area contributed by atoms with Crippen LogP contribution in [0.1, 0.15) is 0 Å². The van der Waals surface area contributed by atoms with Gasteiger partial charge >= 0.3 is 0 Å². The summed E-state index contributed by atoms with van der Waals surface area (Å²) < 4.78 is 0. The van der Waals surface area contributed by atoms with Gasteiger partial charge in [0.15, 0.2) is 0 Å². The molecule has 11 rings (SSSR count). The Bertz CT molecular complexity index is 2850. The summed E-state index contributed by atoms with van der Waals surface area (Å²) in [5.41, 5.74) is 17.4. The molecule has 0 radical (unpaired) electrons. The average molecular weight is 755 g/mol. The standard InChI is InChI=1S/C54H39BN4/c1-6-20-40(21-7-1)56(41-22-8-2-9-23-41)45-30-18-31-46(38-45)57(42-24-10-3-11-25-42)47-36-37-51-49(39-47)55-48-32-16-17-33-50(48)58(43-26-12-4-13-27-43)52-34-19-35-53(54(52)55)59(51)44-28-14-5-15-29-44/h1-39H. The zero-order valence-electron chi connectivity index (χ0n) is 32.4. The van der Waals surface area contributed by atoms with Crippen LogP contribution in [0.4, 0.5) is 68.2 Å². The Hall–Kier alpha value is -7.76. The van der Waals surface area contributed by atoms with E-state index in [0.29, 0.717) is 0 Å². The van der Waals surface area contributed by atoms with Gasteiger partial charge in [0.1, 0.15) is 0 Å². The summed E-state index contributed by atoms with van der Waals surface area (Å²) in [5.74, 6) is 0. The normalized spacial score (nSPS) is 12.3. The van der Waals surface area contributed by atoms with E-state index in [2.05, 4.69) is 256 Å². The summed E-state index contributed by atoms with van der Waals surface area (Å²) >= 11 is 0. The third-order valence-corrected chi connectivity index (χ3v) is 11.6. The molecular weight excluding hydrogens is 715 g/mol. The van der Waals surface area contributed by atoms with Crippen LogP contribution in [-0.2, 0) is 0 Å². The van der Waals surface area contributed by atoms with Crippen LogP contribution < -0.4 is 36.0 Å². The molecule has 0 fully saturated rings. The summed E-state index contributed by atoms with van der Waals surface area (Å²) in [6.45, 7) is 0.00267. The van der Waals surface area contributed by atoms with E-state index in [1.165, 1.54) is 39.1 Å². The highest BCUT2D eigenvalue weighted by Gasteiger charge is 2.43. The van der Waals surface area contributed by atoms with Crippen LogP contribution in [0.25, 0.3) is 0 Å². The van der Waals surface area contributed by atoms with E-state index in [-0.39, 0.29) is 6.71 Å². The minimum absolute atomic E-state index is 0.00267. The zero-order valence-corrected chi connectivity index (χ0v) is 32.4. The van der Waals surface area contributed by atoms with Crippen molar-refractivity contribution in [3.8, 4) is 0 Å². The molecule has 0 amide bonds. The minimum atomic E-state index is 0.00267. The molecule has 0 aromatic heterocycles. The van der Waals surface area contributed by atoms with Crippen LogP contribution in [0.5, 0.6) is 0 Å². The number of fused-ring (bicyclic) bond motifs is 4. The Morgan fingerprint density at radius 1 is 0.271 bits per heavy atom. The third kappa shape index (κ3) is 5.95. The molecule has 59 heavy (non-hydrogen) atoms. The zero-order chi connectivity index (χ0) is 39.1. The highest BCUT2D eigenvalue weighted by Crippen LogP contribution is 2.46. The second-order valence-electron chi connectivity index (χ2n) is 15.0. The smallest absolute Gasteiger partial charge is 0.252 e. The maximum Gasteiger partial charge on any atom is 0.252 e. The first-order valence-corrected chi connectivity index (χ1v) is 20.2. The minimum Gasteiger partial charge on any atom is -0.311 e. The fourth-order valence-corrected chi connectivity index (χ4v) is 9.12. The van der Waals surface area contributed by atoms with Crippen LogP contribution in [-0.4, -0.2) is 6.71 Å². The van der Waals surface area contributed by atoms with Gasteiger partial charge in [-0.15, -0.1) is 0 Å². The summed E-state index contributed by atoms with van der Waals surface area (Å²) in [5, 5.41) is 0. The third-order valence-electron chi connectivity index (χ3n) is 11.6. The quantitative estimate of drug-likeness (QED) is 0.143. The fraction of sp³-hybridized carbons (Fsp3) is 0. The lowest BCUT2D eigenvalue weighted by molar-refractivity contribution is 1.24. The molecule has 0 atom stereocenters. The summed E-state index contributed by atoms with van der Waals surface area (Å²) in [4.78, 5) is 9.62. The van der Waals surface area contributed by atoms with E-state index in [0.717, 1.165) is 45.5 Å². The summed E-state index contributed by atoms with van der Waals surface area (Å²) in [6, 6.07) is 85.3. The maximum atomic E-state index is 2.45. The van der Waals surface area contributed by atoms with Crippen molar-refractivity contribution in [1.29, 1.82) is 0 Å². The monoisotopic (exact) mass is 754 g/mol. The van der Waals surface area contributed by atoms with Crippen molar-refractivity contribution in [2.45, 2.75) is 0 Å². The van der Waals surface area contributed by atoms with Crippen molar-refractivity contribution < 1.29 is 0 Å². The van der Waals surface area contributed by atoms with Crippen LogP contribution in [0.3, 0.4) is 0 Å². The molecule has 0 unspecified atom stereocenters. The van der Waals surface area contributed by atoms with Crippen molar-refractivity contribution in [2.75, 3.05) is 19.6 Å². The Kier molecular flexibility index (Phi) is 8.56. The van der Waals surface area contributed by atoms with Gasteiger partial charge in [0.25, 0.3) is 6.71 Å². The maximum absolute atomic E-state index is 2.45. The van der Waals surface area contributed by atoms with E-state index in [4.69, 9.17) is 0 Å². The second kappa shape index (κ2) is 14.6. The molecule has 0 saturated heterocycles.